The molecule has 0 radical (unpaired) electrons. The molecule has 9 aromatic rings. The van der Waals surface area contributed by atoms with Gasteiger partial charge in [0.05, 0.1) is 22.4 Å². The van der Waals surface area contributed by atoms with Crippen molar-refractivity contribution in [1.29, 1.82) is 0 Å². The van der Waals surface area contributed by atoms with Gasteiger partial charge in [0.15, 0.2) is 0 Å². The summed E-state index contributed by atoms with van der Waals surface area (Å²) in [5.41, 5.74) is 12.7. The van der Waals surface area contributed by atoms with Gasteiger partial charge in [0.25, 0.3) is 0 Å². The van der Waals surface area contributed by atoms with Crippen molar-refractivity contribution in [2.45, 2.75) is 0 Å². The van der Waals surface area contributed by atoms with Gasteiger partial charge in [-0.05, 0) is 61.5 Å². The molecule has 2 nitrogen and oxygen atoms in total. The van der Waals surface area contributed by atoms with E-state index in [1.165, 1.54) is 43.8 Å². The molecule has 0 N–H and O–H groups in total. The van der Waals surface area contributed by atoms with Crippen LogP contribution in [0, 0.1) is 0 Å². The lowest BCUT2D eigenvalue weighted by Crippen LogP contribution is -1.97. The zero-order valence-corrected chi connectivity index (χ0v) is 26.2. The van der Waals surface area contributed by atoms with Crippen LogP contribution in [0.2, 0.25) is 0 Å². The molecule has 0 amide bonds. The standard InChI is InChI=1S/C46H30N2/c1-5-16-31(17-6-1)42-37-24-13-14-25-38(37)43(32-18-7-2-8-19-32)40-30-35(28-29-39(40)42)36-26-15-27-41-46(36)48-45(34-22-11-4-12-23-34)44(47-41)33-20-9-3-10-21-33/h1-30H. The Labute approximate surface area is 279 Å². The van der Waals surface area contributed by atoms with Gasteiger partial charge in [-0.2, -0.15) is 0 Å². The van der Waals surface area contributed by atoms with Crippen LogP contribution in [-0.4, -0.2) is 9.97 Å². The number of hydrogen-bond donors (Lipinski definition) is 0. The summed E-state index contributed by atoms with van der Waals surface area (Å²) in [7, 11) is 0. The minimum atomic E-state index is 0.873. The van der Waals surface area contributed by atoms with E-state index >= 15 is 0 Å². The van der Waals surface area contributed by atoms with E-state index in [0.29, 0.717) is 0 Å². The Balaban J connectivity index is 1.35. The number of para-hydroxylation sites is 1. The Bertz CT molecular complexity index is 2580. The molecule has 0 spiro atoms. The van der Waals surface area contributed by atoms with Crippen molar-refractivity contribution < 1.29 is 0 Å². The Hall–Kier alpha value is -6.38. The normalized spacial score (nSPS) is 11.3. The first kappa shape index (κ1) is 27.9. The van der Waals surface area contributed by atoms with Crippen LogP contribution in [0.5, 0.6) is 0 Å². The largest absolute Gasteiger partial charge is 0.244 e. The van der Waals surface area contributed by atoms with Crippen molar-refractivity contribution in [2.24, 2.45) is 0 Å². The minimum Gasteiger partial charge on any atom is -0.244 e. The molecule has 0 aliphatic carbocycles. The SMILES string of the molecule is c1ccc(-c2nc3cccc(-c4ccc5c(-c6ccccc6)c6ccccc6c(-c6ccccc6)c5c4)c3nc2-c2ccccc2)cc1. The summed E-state index contributed by atoms with van der Waals surface area (Å²) in [6, 6.07) is 64.4. The average molecular weight is 611 g/mol. The number of nitrogens with zero attached hydrogens (tertiary/aromatic N) is 2. The van der Waals surface area contributed by atoms with E-state index in [1.54, 1.807) is 0 Å². The smallest absolute Gasteiger partial charge is 0.0973 e. The Kier molecular flexibility index (Phi) is 6.84. The van der Waals surface area contributed by atoms with Crippen molar-refractivity contribution >= 4 is 32.6 Å². The molecule has 0 aliphatic rings. The van der Waals surface area contributed by atoms with Crippen molar-refractivity contribution in [2.75, 3.05) is 0 Å². The second-order valence-electron chi connectivity index (χ2n) is 12.1. The van der Waals surface area contributed by atoms with Gasteiger partial charge >= 0.3 is 0 Å². The van der Waals surface area contributed by atoms with Crippen LogP contribution in [0.1, 0.15) is 0 Å². The summed E-state index contributed by atoms with van der Waals surface area (Å²) in [6.45, 7) is 0. The Morgan fingerprint density at radius 1 is 0.292 bits per heavy atom. The van der Waals surface area contributed by atoms with Gasteiger partial charge in [0.1, 0.15) is 0 Å². The highest BCUT2D eigenvalue weighted by atomic mass is 14.8. The summed E-state index contributed by atoms with van der Waals surface area (Å²) in [5, 5.41) is 4.93. The molecule has 8 aromatic carbocycles. The molecule has 0 fully saturated rings. The van der Waals surface area contributed by atoms with E-state index in [0.717, 1.165) is 44.7 Å². The average Bonchev–Trinajstić information content (AvgIpc) is 3.17. The van der Waals surface area contributed by atoms with E-state index < -0.39 is 0 Å². The maximum atomic E-state index is 5.41. The molecule has 0 atom stereocenters. The van der Waals surface area contributed by atoms with Crippen LogP contribution in [0.3, 0.4) is 0 Å². The lowest BCUT2D eigenvalue weighted by atomic mass is 9.85. The number of fused-ring (bicyclic) bond motifs is 3. The van der Waals surface area contributed by atoms with Crippen molar-refractivity contribution in [3.63, 3.8) is 0 Å². The second kappa shape index (κ2) is 11.8. The minimum absolute atomic E-state index is 0.873. The van der Waals surface area contributed by atoms with E-state index in [1.807, 2.05) is 12.1 Å². The first-order valence-corrected chi connectivity index (χ1v) is 16.3. The van der Waals surface area contributed by atoms with Crippen LogP contribution in [0.25, 0.3) is 88.5 Å². The molecular formula is C46H30N2. The van der Waals surface area contributed by atoms with E-state index in [4.69, 9.17) is 9.97 Å². The molecule has 0 unspecified atom stereocenters. The van der Waals surface area contributed by atoms with Crippen LogP contribution in [0.4, 0.5) is 0 Å². The van der Waals surface area contributed by atoms with Gasteiger partial charge in [-0.3, -0.25) is 0 Å². The molecule has 9 rings (SSSR count). The van der Waals surface area contributed by atoms with Gasteiger partial charge < -0.3 is 0 Å². The molecular weight excluding hydrogens is 581 g/mol. The number of aromatic nitrogens is 2. The zero-order valence-electron chi connectivity index (χ0n) is 26.2. The van der Waals surface area contributed by atoms with E-state index in [-0.39, 0.29) is 0 Å². The fourth-order valence-corrected chi connectivity index (χ4v) is 7.08. The molecule has 0 bridgehead atoms. The third kappa shape index (κ3) is 4.74. The summed E-state index contributed by atoms with van der Waals surface area (Å²) < 4.78 is 0. The predicted molar refractivity (Wildman–Crippen MR) is 202 cm³/mol. The third-order valence-corrected chi connectivity index (χ3v) is 9.25. The number of hydrogen-bond acceptors (Lipinski definition) is 2. The highest BCUT2D eigenvalue weighted by Crippen LogP contribution is 2.45. The van der Waals surface area contributed by atoms with Gasteiger partial charge in [-0.25, -0.2) is 9.97 Å². The highest BCUT2D eigenvalue weighted by Gasteiger charge is 2.19. The van der Waals surface area contributed by atoms with Gasteiger partial charge in [-0.15, -0.1) is 0 Å². The molecule has 2 heteroatoms. The summed E-state index contributed by atoms with van der Waals surface area (Å²) in [5.74, 6) is 0. The van der Waals surface area contributed by atoms with Crippen molar-refractivity contribution in [3.8, 4) is 55.9 Å². The van der Waals surface area contributed by atoms with Crippen LogP contribution >= 0.6 is 0 Å². The quantitative estimate of drug-likeness (QED) is 0.181. The summed E-state index contributed by atoms with van der Waals surface area (Å²) in [4.78, 5) is 10.7. The molecule has 0 saturated heterocycles. The maximum absolute atomic E-state index is 5.41. The fraction of sp³-hybridized carbons (Fsp3) is 0. The number of benzene rings is 8. The molecule has 1 aromatic heterocycles. The van der Waals surface area contributed by atoms with Gasteiger partial charge in [-0.1, -0.05) is 170 Å². The Morgan fingerprint density at radius 2 is 0.750 bits per heavy atom. The predicted octanol–water partition coefficient (Wildman–Crippen LogP) is 12.3. The van der Waals surface area contributed by atoms with Crippen molar-refractivity contribution in [1.82, 2.24) is 9.97 Å². The molecule has 0 saturated carbocycles. The van der Waals surface area contributed by atoms with Crippen LogP contribution < -0.4 is 0 Å². The van der Waals surface area contributed by atoms with Gasteiger partial charge in [0.2, 0.25) is 0 Å². The molecule has 1 heterocycles. The second-order valence-corrected chi connectivity index (χ2v) is 12.1. The first-order valence-electron chi connectivity index (χ1n) is 16.3. The maximum Gasteiger partial charge on any atom is 0.0973 e. The Morgan fingerprint density at radius 3 is 1.31 bits per heavy atom. The first-order chi connectivity index (χ1) is 23.8. The van der Waals surface area contributed by atoms with E-state index in [2.05, 4.69) is 170 Å². The van der Waals surface area contributed by atoms with E-state index in [9.17, 15) is 0 Å². The van der Waals surface area contributed by atoms with Crippen LogP contribution in [0.15, 0.2) is 182 Å². The summed E-state index contributed by atoms with van der Waals surface area (Å²) >= 11 is 0. The lowest BCUT2D eigenvalue weighted by Gasteiger charge is -2.19. The fourth-order valence-electron chi connectivity index (χ4n) is 7.08. The lowest BCUT2D eigenvalue weighted by molar-refractivity contribution is 1.29. The zero-order chi connectivity index (χ0) is 31.9. The molecule has 224 valence electrons. The van der Waals surface area contributed by atoms with Crippen molar-refractivity contribution in [3.05, 3.63) is 182 Å². The summed E-state index contributed by atoms with van der Waals surface area (Å²) in [6.07, 6.45) is 0. The number of rotatable bonds is 5. The highest BCUT2D eigenvalue weighted by molar-refractivity contribution is 6.22. The van der Waals surface area contributed by atoms with Gasteiger partial charge in [0, 0.05) is 16.7 Å². The topological polar surface area (TPSA) is 25.8 Å². The monoisotopic (exact) mass is 610 g/mol. The van der Waals surface area contributed by atoms with Crippen LogP contribution in [-0.2, 0) is 0 Å². The molecule has 48 heavy (non-hydrogen) atoms. The molecule has 0 aliphatic heterocycles. The third-order valence-electron chi connectivity index (χ3n) is 9.25.